The SMILES string of the molecule is CCc1cc2c3c([nH]c2cc1S(=O)(=O)NCCN1CCOCC1)CCCC3=O. The third-order valence-corrected chi connectivity index (χ3v) is 7.20. The van der Waals surface area contributed by atoms with E-state index in [4.69, 9.17) is 4.74 Å². The number of nitrogens with zero attached hydrogens (tertiary/aromatic N) is 1. The zero-order valence-electron chi connectivity index (χ0n) is 16.2. The molecule has 1 aliphatic carbocycles. The van der Waals surface area contributed by atoms with Crippen molar-refractivity contribution in [2.75, 3.05) is 39.4 Å². The van der Waals surface area contributed by atoms with Crippen molar-refractivity contribution in [3.63, 3.8) is 0 Å². The Morgan fingerprint density at radius 1 is 1.21 bits per heavy atom. The lowest BCUT2D eigenvalue weighted by Crippen LogP contribution is -2.41. The first-order valence-corrected chi connectivity index (χ1v) is 11.5. The monoisotopic (exact) mass is 405 g/mol. The van der Waals surface area contributed by atoms with E-state index in [0.717, 1.165) is 53.7 Å². The first-order valence-electron chi connectivity index (χ1n) is 10.00. The van der Waals surface area contributed by atoms with Crippen molar-refractivity contribution in [2.24, 2.45) is 0 Å². The Morgan fingerprint density at radius 3 is 2.75 bits per heavy atom. The Hall–Kier alpha value is -1.74. The van der Waals surface area contributed by atoms with Crippen LogP contribution in [0.5, 0.6) is 0 Å². The first kappa shape index (κ1) is 19.6. The molecule has 7 nitrogen and oxygen atoms in total. The zero-order valence-corrected chi connectivity index (χ0v) is 17.0. The van der Waals surface area contributed by atoms with Crippen LogP contribution in [0, 0.1) is 0 Å². The van der Waals surface area contributed by atoms with Crippen molar-refractivity contribution in [3.8, 4) is 0 Å². The lowest BCUT2D eigenvalue weighted by Gasteiger charge is -2.26. The minimum Gasteiger partial charge on any atom is -0.379 e. The number of carbonyl (C=O) groups is 1. The molecule has 1 aromatic heterocycles. The second kappa shape index (κ2) is 7.94. The van der Waals surface area contributed by atoms with Gasteiger partial charge in [-0.05, 0) is 37.0 Å². The smallest absolute Gasteiger partial charge is 0.240 e. The lowest BCUT2D eigenvalue weighted by atomic mass is 9.94. The molecule has 152 valence electrons. The molecule has 0 amide bonds. The van der Waals surface area contributed by atoms with Crippen molar-refractivity contribution in [2.45, 2.75) is 37.5 Å². The molecule has 0 bridgehead atoms. The minimum absolute atomic E-state index is 0.147. The Kier molecular flexibility index (Phi) is 5.55. The molecule has 1 aliphatic heterocycles. The van der Waals surface area contributed by atoms with Gasteiger partial charge in [0.2, 0.25) is 10.0 Å². The standard InChI is InChI=1S/C20H27N3O4S/c1-2-14-12-15-17(22-16-4-3-5-18(24)20(15)16)13-19(14)28(25,26)21-6-7-23-8-10-27-11-9-23/h12-13,21-22H,2-11H2,1H3. The van der Waals surface area contributed by atoms with Crippen molar-refractivity contribution in [3.05, 3.63) is 29.0 Å². The number of ether oxygens (including phenoxy) is 1. The molecular weight excluding hydrogens is 378 g/mol. The van der Waals surface area contributed by atoms with Crippen molar-refractivity contribution >= 4 is 26.7 Å². The Labute approximate surface area is 165 Å². The predicted octanol–water partition coefficient (Wildman–Crippen LogP) is 1.86. The van der Waals surface area contributed by atoms with E-state index in [-0.39, 0.29) is 5.78 Å². The molecule has 8 heteroatoms. The number of aromatic nitrogens is 1. The van der Waals surface area contributed by atoms with E-state index in [9.17, 15) is 13.2 Å². The van der Waals surface area contributed by atoms with E-state index in [1.54, 1.807) is 6.07 Å². The van der Waals surface area contributed by atoms with Gasteiger partial charge in [0.15, 0.2) is 5.78 Å². The summed E-state index contributed by atoms with van der Waals surface area (Å²) in [4.78, 5) is 18.1. The van der Waals surface area contributed by atoms with E-state index in [2.05, 4.69) is 14.6 Å². The molecule has 0 radical (unpaired) electrons. The third kappa shape index (κ3) is 3.74. The summed E-state index contributed by atoms with van der Waals surface area (Å²) in [6.45, 7) is 6.01. The second-order valence-electron chi connectivity index (χ2n) is 7.47. The number of fused-ring (bicyclic) bond motifs is 3. The van der Waals surface area contributed by atoms with E-state index < -0.39 is 10.0 Å². The van der Waals surface area contributed by atoms with Gasteiger partial charge < -0.3 is 9.72 Å². The number of carbonyl (C=O) groups excluding carboxylic acids is 1. The number of nitrogens with one attached hydrogen (secondary N) is 2. The molecule has 0 unspecified atom stereocenters. The molecule has 0 saturated carbocycles. The Bertz CT molecular complexity index is 991. The first-order chi connectivity index (χ1) is 13.5. The lowest BCUT2D eigenvalue weighted by molar-refractivity contribution is 0.0390. The van der Waals surface area contributed by atoms with E-state index in [0.29, 0.717) is 44.0 Å². The number of H-pyrrole nitrogens is 1. The van der Waals surface area contributed by atoms with Gasteiger partial charge >= 0.3 is 0 Å². The molecule has 2 aliphatic rings. The highest BCUT2D eigenvalue weighted by molar-refractivity contribution is 7.89. The zero-order chi connectivity index (χ0) is 19.7. The van der Waals surface area contributed by atoms with Gasteiger partial charge in [-0.25, -0.2) is 13.1 Å². The second-order valence-corrected chi connectivity index (χ2v) is 9.20. The number of aryl methyl sites for hydroxylation is 2. The van der Waals surface area contributed by atoms with Gasteiger partial charge in [0.25, 0.3) is 0 Å². The van der Waals surface area contributed by atoms with Gasteiger partial charge in [-0.2, -0.15) is 0 Å². The van der Waals surface area contributed by atoms with Crippen LogP contribution >= 0.6 is 0 Å². The number of aromatic amines is 1. The Balaban J connectivity index is 1.60. The van der Waals surface area contributed by atoms with Crippen LogP contribution in [0.1, 0.15) is 41.4 Å². The summed E-state index contributed by atoms with van der Waals surface area (Å²) in [7, 11) is -3.62. The van der Waals surface area contributed by atoms with Crippen LogP contribution in [0.4, 0.5) is 0 Å². The number of rotatable bonds is 6. The number of hydrogen-bond acceptors (Lipinski definition) is 5. The van der Waals surface area contributed by atoms with Crippen molar-refractivity contribution in [1.82, 2.24) is 14.6 Å². The molecular formula is C20H27N3O4S. The average molecular weight is 406 g/mol. The number of benzene rings is 1. The Morgan fingerprint density at radius 2 is 2.00 bits per heavy atom. The van der Waals surface area contributed by atoms with Crippen molar-refractivity contribution in [1.29, 1.82) is 0 Å². The number of ketones is 1. The average Bonchev–Trinajstić information content (AvgIpc) is 3.06. The molecule has 1 aromatic carbocycles. The van der Waals surface area contributed by atoms with Crippen LogP contribution in [0.3, 0.4) is 0 Å². The fourth-order valence-corrected chi connectivity index (χ4v) is 5.48. The highest BCUT2D eigenvalue weighted by Crippen LogP contribution is 2.32. The predicted molar refractivity (Wildman–Crippen MR) is 107 cm³/mol. The summed E-state index contributed by atoms with van der Waals surface area (Å²) in [5, 5.41) is 0.851. The van der Waals surface area contributed by atoms with Gasteiger partial charge in [-0.15, -0.1) is 0 Å². The molecule has 28 heavy (non-hydrogen) atoms. The summed E-state index contributed by atoms with van der Waals surface area (Å²) in [6.07, 6.45) is 2.82. The normalized spacial score (nSPS) is 18.5. The number of morpholine rings is 1. The van der Waals surface area contributed by atoms with Crippen LogP contribution < -0.4 is 4.72 Å². The fraction of sp³-hybridized carbons (Fsp3) is 0.550. The van der Waals surface area contributed by atoms with Crippen LogP contribution in [0.2, 0.25) is 0 Å². The molecule has 0 atom stereocenters. The summed E-state index contributed by atoms with van der Waals surface area (Å²) in [5.41, 5.74) is 3.15. The molecule has 1 saturated heterocycles. The molecule has 2 aromatic rings. The topological polar surface area (TPSA) is 91.5 Å². The summed E-state index contributed by atoms with van der Waals surface area (Å²) < 4.78 is 34.0. The summed E-state index contributed by atoms with van der Waals surface area (Å²) in [6, 6.07) is 3.57. The number of sulfonamides is 1. The number of hydrogen-bond donors (Lipinski definition) is 2. The third-order valence-electron chi connectivity index (χ3n) is 5.66. The molecule has 2 heterocycles. The van der Waals surface area contributed by atoms with Gasteiger partial charge in [-0.1, -0.05) is 6.92 Å². The van der Waals surface area contributed by atoms with Gasteiger partial charge in [-0.3, -0.25) is 9.69 Å². The highest BCUT2D eigenvalue weighted by atomic mass is 32.2. The van der Waals surface area contributed by atoms with Gasteiger partial charge in [0.05, 0.1) is 18.1 Å². The molecule has 4 rings (SSSR count). The molecule has 2 N–H and O–H groups in total. The van der Waals surface area contributed by atoms with Crippen LogP contribution in [0.15, 0.2) is 17.0 Å². The van der Waals surface area contributed by atoms with Crippen molar-refractivity contribution < 1.29 is 17.9 Å². The molecule has 0 spiro atoms. The van der Waals surface area contributed by atoms with Crippen LogP contribution in [0.25, 0.3) is 10.9 Å². The summed E-state index contributed by atoms with van der Waals surface area (Å²) in [5.74, 6) is 0.147. The highest BCUT2D eigenvalue weighted by Gasteiger charge is 2.25. The fourth-order valence-electron chi connectivity index (χ4n) is 4.15. The van der Waals surface area contributed by atoms with Crippen LogP contribution in [-0.4, -0.2) is 63.5 Å². The van der Waals surface area contributed by atoms with Gasteiger partial charge in [0, 0.05) is 54.8 Å². The van der Waals surface area contributed by atoms with E-state index >= 15 is 0 Å². The van der Waals surface area contributed by atoms with E-state index in [1.165, 1.54) is 0 Å². The minimum atomic E-state index is -3.62. The maximum Gasteiger partial charge on any atom is 0.240 e. The quantitative estimate of drug-likeness (QED) is 0.765. The summed E-state index contributed by atoms with van der Waals surface area (Å²) >= 11 is 0. The number of Topliss-reactive ketones (excluding diaryl/α,β-unsaturated/α-hetero) is 1. The largest absolute Gasteiger partial charge is 0.379 e. The van der Waals surface area contributed by atoms with Gasteiger partial charge in [0.1, 0.15) is 0 Å². The molecule has 1 fully saturated rings. The van der Waals surface area contributed by atoms with E-state index in [1.807, 2.05) is 13.0 Å². The maximum absolute atomic E-state index is 13.0. The van der Waals surface area contributed by atoms with Crippen LogP contribution in [-0.2, 0) is 27.6 Å². The maximum atomic E-state index is 13.0.